The highest BCUT2D eigenvalue weighted by molar-refractivity contribution is 6.17. The van der Waals surface area contributed by atoms with Crippen LogP contribution in [0.2, 0.25) is 0 Å². The van der Waals surface area contributed by atoms with Gasteiger partial charge in [-0.25, -0.2) is 14.5 Å². The van der Waals surface area contributed by atoms with E-state index in [1.54, 1.807) is 18.2 Å². The molecule has 9 heteroatoms. The molecule has 2 aromatic heterocycles. The Hall–Kier alpha value is -2.92. The molecule has 110 valence electrons. The fraction of sp³-hybridized carbons (Fsp3) is 0.154. The van der Waals surface area contributed by atoms with Crippen molar-refractivity contribution in [2.45, 2.75) is 6.54 Å². The predicted molar refractivity (Wildman–Crippen MR) is 79.4 cm³/mol. The van der Waals surface area contributed by atoms with Crippen LogP contribution >= 0.6 is 11.6 Å². The van der Waals surface area contributed by atoms with E-state index in [4.69, 9.17) is 16.9 Å². The average Bonchev–Trinajstić information content (AvgIpc) is 3.09. The number of aromatic nitrogens is 4. The second-order valence-electron chi connectivity index (χ2n) is 4.47. The fourth-order valence-electron chi connectivity index (χ4n) is 2.19. The number of H-pyrrole nitrogens is 1. The standard InChI is InChI=1S/C13H9ClN6O2/c14-3-4-19-11(20(21)22)7-16-13(19)12-17-9-2-1-8(6-15)5-10(9)18-12/h1-2,5,7H,3-4H2,(H,17,18). The molecule has 1 N–H and O–H groups in total. The van der Waals surface area contributed by atoms with E-state index >= 15 is 0 Å². The second-order valence-corrected chi connectivity index (χ2v) is 4.84. The van der Waals surface area contributed by atoms with Gasteiger partial charge >= 0.3 is 5.82 Å². The zero-order valence-electron chi connectivity index (χ0n) is 11.2. The summed E-state index contributed by atoms with van der Waals surface area (Å²) in [5.41, 5.74) is 1.81. The van der Waals surface area contributed by atoms with Gasteiger partial charge in [-0.3, -0.25) is 0 Å². The molecule has 1 aromatic carbocycles. The van der Waals surface area contributed by atoms with Gasteiger partial charge in [0, 0.05) is 0 Å². The number of halogens is 1. The number of aromatic amines is 1. The monoisotopic (exact) mass is 316 g/mol. The highest BCUT2D eigenvalue weighted by Crippen LogP contribution is 2.24. The van der Waals surface area contributed by atoms with Gasteiger partial charge < -0.3 is 15.1 Å². The molecule has 0 amide bonds. The number of rotatable bonds is 4. The largest absolute Gasteiger partial charge is 0.358 e. The number of imidazole rings is 2. The van der Waals surface area contributed by atoms with Crippen molar-refractivity contribution in [3.05, 3.63) is 40.1 Å². The molecule has 0 aliphatic rings. The van der Waals surface area contributed by atoms with Crippen LogP contribution in [-0.4, -0.2) is 30.3 Å². The number of hydrogen-bond acceptors (Lipinski definition) is 5. The van der Waals surface area contributed by atoms with Crippen molar-refractivity contribution < 1.29 is 4.92 Å². The first-order valence-electron chi connectivity index (χ1n) is 6.30. The summed E-state index contributed by atoms with van der Waals surface area (Å²) in [7, 11) is 0. The van der Waals surface area contributed by atoms with E-state index in [-0.39, 0.29) is 18.2 Å². The molecule has 0 aliphatic heterocycles. The van der Waals surface area contributed by atoms with Gasteiger partial charge in [0.2, 0.25) is 0 Å². The van der Waals surface area contributed by atoms with Crippen LogP contribution in [0, 0.1) is 21.4 Å². The topological polar surface area (TPSA) is 113 Å². The minimum absolute atomic E-state index is 0.145. The van der Waals surface area contributed by atoms with Crippen LogP contribution in [-0.2, 0) is 6.54 Å². The number of nitrogens with zero attached hydrogens (tertiary/aromatic N) is 5. The zero-order chi connectivity index (χ0) is 15.7. The van der Waals surface area contributed by atoms with Crippen LogP contribution in [0.25, 0.3) is 22.7 Å². The van der Waals surface area contributed by atoms with Crippen molar-refractivity contribution in [1.29, 1.82) is 5.26 Å². The molecule has 0 saturated carbocycles. The number of fused-ring (bicyclic) bond motifs is 1. The normalized spacial score (nSPS) is 10.7. The number of alkyl halides is 1. The summed E-state index contributed by atoms with van der Waals surface area (Å²) in [6.07, 6.45) is 1.18. The van der Waals surface area contributed by atoms with E-state index in [9.17, 15) is 10.1 Å². The van der Waals surface area contributed by atoms with Gasteiger partial charge in [-0.2, -0.15) is 5.26 Å². The average molecular weight is 317 g/mol. The first-order chi connectivity index (χ1) is 10.6. The first kappa shape index (κ1) is 14.0. The third-order valence-corrected chi connectivity index (χ3v) is 3.32. The van der Waals surface area contributed by atoms with E-state index in [1.165, 1.54) is 10.8 Å². The van der Waals surface area contributed by atoms with Crippen molar-refractivity contribution in [2.24, 2.45) is 0 Å². The molecule has 0 atom stereocenters. The maximum Gasteiger partial charge on any atom is 0.343 e. The Morgan fingerprint density at radius 3 is 3.00 bits per heavy atom. The van der Waals surface area contributed by atoms with E-state index in [2.05, 4.69) is 15.0 Å². The van der Waals surface area contributed by atoms with Gasteiger partial charge in [0.1, 0.15) is 12.7 Å². The highest BCUT2D eigenvalue weighted by atomic mass is 35.5. The number of nitrogens with one attached hydrogen (secondary N) is 1. The number of nitro groups is 1. The maximum absolute atomic E-state index is 11.0. The Morgan fingerprint density at radius 2 is 2.32 bits per heavy atom. The minimum atomic E-state index is -0.514. The molecule has 0 saturated heterocycles. The summed E-state index contributed by atoms with van der Waals surface area (Å²) in [6, 6.07) is 7.06. The SMILES string of the molecule is N#Cc1ccc2nc(-c3ncc([N+](=O)[O-])n3CCCl)[nH]c2c1. The van der Waals surface area contributed by atoms with Crippen LogP contribution in [0.15, 0.2) is 24.4 Å². The lowest BCUT2D eigenvalue weighted by molar-refractivity contribution is -0.392. The molecule has 0 unspecified atom stereocenters. The van der Waals surface area contributed by atoms with Crippen LogP contribution < -0.4 is 0 Å². The van der Waals surface area contributed by atoms with Crippen molar-refractivity contribution in [2.75, 3.05) is 5.88 Å². The smallest absolute Gasteiger partial charge is 0.343 e. The van der Waals surface area contributed by atoms with Gasteiger partial charge in [0.15, 0.2) is 5.82 Å². The Morgan fingerprint density at radius 1 is 1.50 bits per heavy atom. The van der Waals surface area contributed by atoms with Gasteiger partial charge in [-0.1, -0.05) is 0 Å². The maximum atomic E-state index is 11.0. The van der Waals surface area contributed by atoms with Gasteiger partial charge in [-0.05, 0) is 23.1 Å². The number of benzene rings is 1. The summed E-state index contributed by atoms with van der Waals surface area (Å²) in [5, 5.41) is 19.9. The third kappa shape index (κ3) is 2.27. The number of nitriles is 1. The van der Waals surface area contributed by atoms with Crippen LogP contribution in [0.1, 0.15) is 5.56 Å². The Bertz CT molecular complexity index is 907. The van der Waals surface area contributed by atoms with Crippen molar-refractivity contribution in [3.8, 4) is 17.7 Å². The Balaban J connectivity index is 2.15. The highest BCUT2D eigenvalue weighted by Gasteiger charge is 2.23. The Labute approximate surface area is 129 Å². The lowest BCUT2D eigenvalue weighted by atomic mass is 10.2. The van der Waals surface area contributed by atoms with E-state index in [0.29, 0.717) is 28.2 Å². The van der Waals surface area contributed by atoms with Crippen molar-refractivity contribution >= 4 is 28.5 Å². The molecule has 0 fully saturated rings. The summed E-state index contributed by atoms with van der Waals surface area (Å²) < 4.78 is 1.40. The van der Waals surface area contributed by atoms with E-state index in [1.807, 2.05) is 6.07 Å². The molecule has 0 spiro atoms. The lowest BCUT2D eigenvalue weighted by Crippen LogP contribution is -2.06. The van der Waals surface area contributed by atoms with Gasteiger partial charge in [-0.15, -0.1) is 11.6 Å². The van der Waals surface area contributed by atoms with Crippen LogP contribution in [0.5, 0.6) is 0 Å². The molecule has 22 heavy (non-hydrogen) atoms. The minimum Gasteiger partial charge on any atom is -0.358 e. The molecule has 0 radical (unpaired) electrons. The van der Waals surface area contributed by atoms with Crippen molar-refractivity contribution in [1.82, 2.24) is 19.5 Å². The molecule has 3 rings (SSSR count). The molecule has 3 aromatic rings. The van der Waals surface area contributed by atoms with Gasteiger partial charge in [0.25, 0.3) is 5.82 Å². The lowest BCUT2D eigenvalue weighted by Gasteiger charge is -2.00. The summed E-state index contributed by atoms with van der Waals surface area (Å²) in [5.74, 6) is 0.794. The summed E-state index contributed by atoms with van der Waals surface area (Å²) >= 11 is 5.71. The number of hydrogen-bond donors (Lipinski definition) is 1. The van der Waals surface area contributed by atoms with Crippen LogP contribution in [0.3, 0.4) is 0 Å². The zero-order valence-corrected chi connectivity index (χ0v) is 11.9. The quantitative estimate of drug-likeness (QED) is 0.451. The molecule has 0 bridgehead atoms. The molecular weight excluding hydrogens is 308 g/mol. The van der Waals surface area contributed by atoms with Crippen LogP contribution in [0.4, 0.5) is 5.82 Å². The Kier molecular flexibility index (Phi) is 3.48. The first-order valence-corrected chi connectivity index (χ1v) is 6.83. The van der Waals surface area contributed by atoms with E-state index in [0.717, 1.165) is 0 Å². The molecule has 0 aliphatic carbocycles. The summed E-state index contributed by atoms with van der Waals surface area (Å²) in [4.78, 5) is 22.0. The van der Waals surface area contributed by atoms with Crippen molar-refractivity contribution in [3.63, 3.8) is 0 Å². The van der Waals surface area contributed by atoms with E-state index < -0.39 is 4.92 Å². The predicted octanol–water partition coefficient (Wildman–Crippen LogP) is 2.45. The second kappa shape index (κ2) is 5.46. The molecule has 2 heterocycles. The van der Waals surface area contributed by atoms with Gasteiger partial charge in [0.05, 0.1) is 28.5 Å². The third-order valence-electron chi connectivity index (χ3n) is 3.15. The fourth-order valence-corrected chi connectivity index (χ4v) is 2.36. The summed E-state index contributed by atoms with van der Waals surface area (Å²) in [6.45, 7) is 0.244. The molecular formula is C13H9ClN6O2. The molecule has 8 nitrogen and oxygen atoms in total.